The van der Waals surface area contributed by atoms with E-state index in [2.05, 4.69) is 19.2 Å². The molecule has 0 radical (unpaired) electrons. The third-order valence-electron chi connectivity index (χ3n) is 4.20. The van der Waals surface area contributed by atoms with Gasteiger partial charge in [-0.3, -0.25) is 10.1 Å². The van der Waals surface area contributed by atoms with Gasteiger partial charge in [0.25, 0.3) is 0 Å². The predicted octanol–water partition coefficient (Wildman–Crippen LogP) is 3.97. The molecule has 0 bridgehead atoms. The number of benzene rings is 1. The molecular weight excluding hydrogens is 247 g/mol. The molecule has 1 aliphatic rings. The van der Waals surface area contributed by atoms with Crippen LogP contribution in [-0.2, 0) is 0 Å². The fourth-order valence-corrected chi connectivity index (χ4v) is 2.74. The lowest BCUT2D eigenvalue weighted by molar-refractivity contribution is -0.387. The van der Waals surface area contributed by atoms with Crippen LogP contribution >= 0.6 is 0 Å². The third kappa shape index (κ3) is 3.03. The first-order valence-corrected chi connectivity index (χ1v) is 6.69. The Labute approximate surface area is 112 Å². The van der Waals surface area contributed by atoms with Crippen molar-refractivity contribution in [3.63, 3.8) is 0 Å². The van der Waals surface area contributed by atoms with Gasteiger partial charge in [0.2, 0.25) is 5.82 Å². The van der Waals surface area contributed by atoms with Gasteiger partial charge >= 0.3 is 5.69 Å². The van der Waals surface area contributed by atoms with Gasteiger partial charge in [0.1, 0.15) is 0 Å². The summed E-state index contributed by atoms with van der Waals surface area (Å²) in [5.74, 6) is 0.361. The minimum Gasteiger partial charge on any atom is -0.382 e. The Morgan fingerprint density at radius 2 is 2.11 bits per heavy atom. The van der Waals surface area contributed by atoms with Crippen molar-refractivity contribution in [3.05, 3.63) is 34.1 Å². The average molecular weight is 266 g/mol. The normalized spacial score (nSPS) is 27.0. The zero-order valence-electron chi connectivity index (χ0n) is 11.2. The lowest BCUT2D eigenvalue weighted by atomic mass is 9.78. The van der Waals surface area contributed by atoms with Gasteiger partial charge in [0, 0.05) is 17.8 Å². The summed E-state index contributed by atoms with van der Waals surface area (Å²) in [7, 11) is 0. The fraction of sp³-hybridized carbons (Fsp3) is 0.571. The SMILES string of the molecule is CC1CCCC(Nc2ccc(F)c([N+](=O)[O-])c2)C1C. The molecule has 1 aliphatic carbocycles. The van der Waals surface area contributed by atoms with Gasteiger partial charge in [0.15, 0.2) is 0 Å². The molecule has 4 nitrogen and oxygen atoms in total. The number of halogens is 1. The zero-order valence-corrected chi connectivity index (χ0v) is 11.2. The predicted molar refractivity (Wildman–Crippen MR) is 72.6 cm³/mol. The number of nitrogens with zero attached hydrogens (tertiary/aromatic N) is 1. The molecular formula is C14H19FN2O2. The summed E-state index contributed by atoms with van der Waals surface area (Å²) in [4.78, 5) is 10.0. The number of anilines is 1. The molecule has 1 fully saturated rings. The Kier molecular flexibility index (Phi) is 4.02. The highest BCUT2D eigenvalue weighted by atomic mass is 19.1. The molecule has 1 aromatic rings. The van der Waals surface area contributed by atoms with Crippen LogP contribution in [0, 0.1) is 27.8 Å². The van der Waals surface area contributed by atoms with Gasteiger partial charge in [-0.25, -0.2) is 0 Å². The summed E-state index contributed by atoms with van der Waals surface area (Å²) in [6.45, 7) is 4.42. The fourth-order valence-electron chi connectivity index (χ4n) is 2.74. The van der Waals surface area contributed by atoms with E-state index in [1.807, 2.05) is 0 Å². The highest BCUT2D eigenvalue weighted by Gasteiger charge is 2.27. The lowest BCUT2D eigenvalue weighted by Gasteiger charge is -2.35. The topological polar surface area (TPSA) is 55.2 Å². The van der Waals surface area contributed by atoms with Crippen LogP contribution in [0.3, 0.4) is 0 Å². The third-order valence-corrected chi connectivity index (χ3v) is 4.20. The van der Waals surface area contributed by atoms with Crippen LogP contribution in [0.15, 0.2) is 18.2 Å². The summed E-state index contributed by atoms with van der Waals surface area (Å²) in [5.41, 5.74) is 0.153. The molecule has 104 valence electrons. The van der Waals surface area contributed by atoms with Crippen molar-refractivity contribution >= 4 is 11.4 Å². The number of hydrogen-bond acceptors (Lipinski definition) is 3. The first-order valence-electron chi connectivity index (χ1n) is 6.69. The summed E-state index contributed by atoms with van der Waals surface area (Å²) in [6.07, 6.45) is 3.44. The summed E-state index contributed by atoms with van der Waals surface area (Å²) < 4.78 is 13.3. The van der Waals surface area contributed by atoms with E-state index in [1.165, 1.54) is 12.5 Å². The van der Waals surface area contributed by atoms with Gasteiger partial charge in [-0.05, 0) is 30.4 Å². The monoisotopic (exact) mass is 266 g/mol. The Morgan fingerprint density at radius 1 is 1.37 bits per heavy atom. The second kappa shape index (κ2) is 5.55. The largest absolute Gasteiger partial charge is 0.382 e. The Morgan fingerprint density at radius 3 is 2.79 bits per heavy atom. The molecule has 5 heteroatoms. The van der Waals surface area contributed by atoms with E-state index in [0.29, 0.717) is 23.6 Å². The summed E-state index contributed by atoms with van der Waals surface area (Å²) in [6, 6.07) is 4.29. The first kappa shape index (κ1) is 13.8. The minimum atomic E-state index is -0.791. The maximum Gasteiger partial charge on any atom is 0.306 e. The van der Waals surface area contributed by atoms with E-state index in [9.17, 15) is 14.5 Å². The van der Waals surface area contributed by atoms with E-state index >= 15 is 0 Å². The van der Waals surface area contributed by atoms with Crippen LogP contribution < -0.4 is 5.32 Å². The van der Waals surface area contributed by atoms with Gasteiger partial charge in [-0.2, -0.15) is 4.39 Å². The van der Waals surface area contributed by atoms with Gasteiger partial charge in [-0.15, -0.1) is 0 Å². The van der Waals surface area contributed by atoms with Gasteiger partial charge in [0.05, 0.1) is 4.92 Å². The zero-order chi connectivity index (χ0) is 14.0. The molecule has 0 aromatic heterocycles. The molecule has 1 saturated carbocycles. The number of nitrogens with one attached hydrogen (secondary N) is 1. The molecule has 0 saturated heterocycles. The number of nitro benzene ring substituents is 1. The quantitative estimate of drug-likeness (QED) is 0.665. The number of hydrogen-bond donors (Lipinski definition) is 1. The molecule has 2 rings (SSSR count). The van der Waals surface area contributed by atoms with Crippen molar-refractivity contribution in [2.45, 2.75) is 39.2 Å². The average Bonchev–Trinajstić information content (AvgIpc) is 2.37. The van der Waals surface area contributed by atoms with Crippen LogP contribution in [0.25, 0.3) is 0 Å². The summed E-state index contributed by atoms with van der Waals surface area (Å²) in [5, 5.41) is 14.0. The van der Waals surface area contributed by atoms with E-state index in [4.69, 9.17) is 0 Å². The van der Waals surface area contributed by atoms with Crippen LogP contribution in [0.2, 0.25) is 0 Å². The van der Waals surface area contributed by atoms with E-state index in [-0.39, 0.29) is 0 Å². The van der Waals surface area contributed by atoms with E-state index < -0.39 is 16.4 Å². The number of rotatable bonds is 3. The van der Waals surface area contributed by atoms with Crippen molar-refractivity contribution in [2.75, 3.05) is 5.32 Å². The maximum absolute atomic E-state index is 13.3. The van der Waals surface area contributed by atoms with Gasteiger partial charge in [-0.1, -0.05) is 26.7 Å². The maximum atomic E-state index is 13.3. The molecule has 0 amide bonds. The Bertz CT molecular complexity index is 479. The molecule has 0 aliphatic heterocycles. The van der Waals surface area contributed by atoms with Crippen LogP contribution in [-0.4, -0.2) is 11.0 Å². The Balaban J connectivity index is 2.15. The Hall–Kier alpha value is -1.65. The van der Waals surface area contributed by atoms with Crippen LogP contribution in [0.4, 0.5) is 15.8 Å². The lowest BCUT2D eigenvalue weighted by Crippen LogP contribution is -2.35. The van der Waals surface area contributed by atoms with E-state index in [1.54, 1.807) is 6.07 Å². The van der Waals surface area contributed by atoms with Crippen molar-refractivity contribution in [2.24, 2.45) is 11.8 Å². The van der Waals surface area contributed by atoms with Gasteiger partial charge < -0.3 is 5.32 Å². The van der Waals surface area contributed by atoms with Crippen molar-refractivity contribution in [1.82, 2.24) is 0 Å². The smallest absolute Gasteiger partial charge is 0.306 e. The first-order chi connectivity index (χ1) is 8.99. The molecule has 1 aromatic carbocycles. The molecule has 0 spiro atoms. The highest BCUT2D eigenvalue weighted by molar-refractivity contribution is 5.52. The number of nitro groups is 1. The molecule has 19 heavy (non-hydrogen) atoms. The van der Waals surface area contributed by atoms with Crippen molar-refractivity contribution in [1.29, 1.82) is 0 Å². The molecule has 1 N–H and O–H groups in total. The highest BCUT2D eigenvalue weighted by Crippen LogP contribution is 2.32. The molecule has 3 unspecified atom stereocenters. The standard InChI is InChI=1S/C14H19FN2O2/c1-9-4-3-5-13(10(9)2)16-11-6-7-12(15)14(8-11)17(18)19/h6-10,13,16H,3-5H2,1-2H3. The summed E-state index contributed by atoms with van der Waals surface area (Å²) >= 11 is 0. The van der Waals surface area contributed by atoms with Crippen LogP contribution in [0.5, 0.6) is 0 Å². The second-order valence-corrected chi connectivity index (χ2v) is 5.44. The minimum absolute atomic E-state index is 0.300. The van der Waals surface area contributed by atoms with Crippen molar-refractivity contribution < 1.29 is 9.31 Å². The molecule has 0 heterocycles. The van der Waals surface area contributed by atoms with Crippen LogP contribution in [0.1, 0.15) is 33.1 Å². The second-order valence-electron chi connectivity index (χ2n) is 5.44. The van der Waals surface area contributed by atoms with E-state index in [0.717, 1.165) is 18.9 Å². The molecule has 3 atom stereocenters. The van der Waals surface area contributed by atoms with Crippen molar-refractivity contribution in [3.8, 4) is 0 Å².